The molecule has 0 atom stereocenters. The molecule has 2 rings (SSSR count). The Kier molecular flexibility index (Phi) is 9.71. The summed E-state index contributed by atoms with van der Waals surface area (Å²) in [6.07, 6.45) is 5.10. The number of aryl methyl sites for hydroxylation is 1. The smallest absolute Gasteiger partial charge is 0.162 e. The molecular weight excluding hydrogens is 402 g/mol. The molecule has 0 heterocycles. The first-order valence-electron chi connectivity index (χ1n) is 9.99. The molecule has 0 unspecified atom stereocenters. The van der Waals surface area contributed by atoms with Crippen molar-refractivity contribution in [3.05, 3.63) is 57.6 Å². The molecule has 148 valence electrons. The lowest BCUT2D eigenvalue weighted by Gasteiger charge is -2.16. The monoisotopic (exact) mass is 433 g/mol. The van der Waals surface area contributed by atoms with Gasteiger partial charge in [0.1, 0.15) is 6.61 Å². The molecule has 2 aromatic rings. The third-order valence-corrected chi connectivity index (χ3v) is 5.32. The molecule has 0 aliphatic heterocycles. The Bertz CT molecular complexity index is 703. The number of hydrogen-bond acceptors (Lipinski definition) is 3. The Labute approximate surface area is 172 Å². The van der Waals surface area contributed by atoms with Gasteiger partial charge in [-0.2, -0.15) is 0 Å². The lowest BCUT2D eigenvalue weighted by atomic mass is 10.1. The van der Waals surface area contributed by atoms with Crippen molar-refractivity contribution >= 4 is 15.9 Å². The zero-order valence-electron chi connectivity index (χ0n) is 16.8. The molecular formula is C23H32BrNO2. The normalized spacial score (nSPS) is 10.8. The summed E-state index contributed by atoms with van der Waals surface area (Å²) in [7, 11) is 0. The van der Waals surface area contributed by atoms with Gasteiger partial charge >= 0.3 is 0 Å². The van der Waals surface area contributed by atoms with Crippen molar-refractivity contribution in [3.63, 3.8) is 0 Å². The zero-order valence-corrected chi connectivity index (χ0v) is 18.4. The highest BCUT2D eigenvalue weighted by Crippen LogP contribution is 2.34. The van der Waals surface area contributed by atoms with E-state index in [-0.39, 0.29) is 0 Å². The molecule has 0 fully saturated rings. The van der Waals surface area contributed by atoms with Crippen LogP contribution < -0.4 is 14.8 Å². The van der Waals surface area contributed by atoms with Crippen LogP contribution in [0.2, 0.25) is 0 Å². The summed E-state index contributed by atoms with van der Waals surface area (Å²) in [5.41, 5.74) is 3.62. The van der Waals surface area contributed by atoms with Gasteiger partial charge in [0, 0.05) is 11.0 Å². The van der Waals surface area contributed by atoms with E-state index < -0.39 is 0 Å². The van der Waals surface area contributed by atoms with E-state index in [4.69, 9.17) is 9.47 Å². The van der Waals surface area contributed by atoms with E-state index in [1.165, 1.54) is 42.4 Å². The summed E-state index contributed by atoms with van der Waals surface area (Å²) in [6, 6.07) is 12.4. The number of hydrogen-bond donors (Lipinski definition) is 1. The molecule has 0 aromatic heterocycles. The lowest BCUT2D eigenvalue weighted by molar-refractivity contribution is 0.268. The quantitative estimate of drug-likeness (QED) is 0.392. The van der Waals surface area contributed by atoms with Gasteiger partial charge in [-0.3, -0.25) is 0 Å². The third-order valence-electron chi connectivity index (χ3n) is 4.58. The van der Waals surface area contributed by atoms with Gasteiger partial charge in [-0.05, 0) is 55.6 Å². The first-order chi connectivity index (χ1) is 13.2. The second-order valence-electron chi connectivity index (χ2n) is 6.78. The van der Waals surface area contributed by atoms with E-state index in [0.717, 1.165) is 29.1 Å². The summed E-state index contributed by atoms with van der Waals surface area (Å²) < 4.78 is 13.0. The largest absolute Gasteiger partial charge is 0.490 e. The van der Waals surface area contributed by atoms with E-state index >= 15 is 0 Å². The molecule has 3 nitrogen and oxygen atoms in total. The van der Waals surface area contributed by atoms with Gasteiger partial charge in [0.05, 0.1) is 6.61 Å². The second kappa shape index (κ2) is 12.0. The van der Waals surface area contributed by atoms with Gasteiger partial charge in [-0.15, -0.1) is 0 Å². The zero-order chi connectivity index (χ0) is 19.5. The number of benzene rings is 2. The van der Waals surface area contributed by atoms with Gasteiger partial charge in [0.2, 0.25) is 0 Å². The molecule has 0 radical (unpaired) electrons. The summed E-state index contributed by atoms with van der Waals surface area (Å²) in [5, 5.41) is 3.53. The Morgan fingerprint density at radius 1 is 0.926 bits per heavy atom. The highest BCUT2D eigenvalue weighted by atomic mass is 79.9. The van der Waals surface area contributed by atoms with Crippen LogP contribution in [0.1, 0.15) is 56.2 Å². The van der Waals surface area contributed by atoms with E-state index in [9.17, 15) is 0 Å². The van der Waals surface area contributed by atoms with Gasteiger partial charge in [-0.1, -0.05) is 66.4 Å². The van der Waals surface area contributed by atoms with E-state index in [1.807, 2.05) is 25.1 Å². The molecule has 0 spiro atoms. The molecule has 0 saturated carbocycles. The minimum atomic E-state index is 0.536. The van der Waals surface area contributed by atoms with Crippen LogP contribution in [0.4, 0.5) is 0 Å². The van der Waals surface area contributed by atoms with Crippen LogP contribution >= 0.6 is 15.9 Å². The van der Waals surface area contributed by atoms with Crippen LogP contribution in [0.3, 0.4) is 0 Å². The molecule has 0 aliphatic carbocycles. The van der Waals surface area contributed by atoms with Crippen molar-refractivity contribution in [2.45, 2.75) is 59.6 Å². The van der Waals surface area contributed by atoms with Crippen molar-refractivity contribution in [2.24, 2.45) is 0 Å². The molecule has 0 saturated heterocycles. The fourth-order valence-corrected chi connectivity index (χ4v) is 3.38. The van der Waals surface area contributed by atoms with Gasteiger partial charge < -0.3 is 14.8 Å². The third kappa shape index (κ3) is 7.19. The molecule has 0 bridgehead atoms. The van der Waals surface area contributed by atoms with E-state index in [2.05, 4.69) is 53.3 Å². The number of ether oxygens (including phenoxy) is 2. The molecule has 4 heteroatoms. The van der Waals surface area contributed by atoms with Crippen LogP contribution in [0.5, 0.6) is 11.5 Å². The topological polar surface area (TPSA) is 30.5 Å². The highest BCUT2D eigenvalue weighted by Gasteiger charge is 2.11. The van der Waals surface area contributed by atoms with Crippen molar-refractivity contribution in [2.75, 3.05) is 13.2 Å². The predicted molar refractivity (Wildman–Crippen MR) is 117 cm³/mol. The SMILES string of the molecule is CCCCCCNCc1cc(OCC)c(OCc2ccccc2C)cc1Br. The predicted octanol–water partition coefficient (Wildman–Crippen LogP) is 6.41. The Balaban J connectivity index is 2.00. The fraction of sp³-hybridized carbons (Fsp3) is 0.478. The standard InChI is InChI=1S/C23H32BrNO2/c1-4-6-7-10-13-25-16-20-14-22(26-5-2)23(15-21(20)24)27-17-19-12-9-8-11-18(19)3/h8-9,11-12,14-15,25H,4-7,10,13,16-17H2,1-3H3. The summed E-state index contributed by atoms with van der Waals surface area (Å²) in [5.74, 6) is 1.58. The van der Waals surface area contributed by atoms with E-state index in [1.54, 1.807) is 0 Å². The Hall–Kier alpha value is -1.52. The highest BCUT2D eigenvalue weighted by molar-refractivity contribution is 9.10. The van der Waals surface area contributed by atoms with Crippen molar-refractivity contribution in [1.29, 1.82) is 0 Å². The van der Waals surface area contributed by atoms with Crippen LogP contribution in [0, 0.1) is 6.92 Å². The van der Waals surface area contributed by atoms with Gasteiger partial charge in [0.25, 0.3) is 0 Å². The maximum Gasteiger partial charge on any atom is 0.162 e. The fourth-order valence-electron chi connectivity index (χ4n) is 2.92. The van der Waals surface area contributed by atoms with Gasteiger partial charge in [0.15, 0.2) is 11.5 Å². The molecule has 27 heavy (non-hydrogen) atoms. The molecule has 0 amide bonds. The van der Waals surface area contributed by atoms with Crippen LogP contribution in [0.25, 0.3) is 0 Å². The van der Waals surface area contributed by atoms with Crippen molar-refractivity contribution in [1.82, 2.24) is 5.32 Å². The Morgan fingerprint density at radius 2 is 1.70 bits per heavy atom. The average Bonchev–Trinajstić information content (AvgIpc) is 2.66. The summed E-state index contributed by atoms with van der Waals surface area (Å²) in [4.78, 5) is 0. The van der Waals surface area contributed by atoms with Crippen molar-refractivity contribution in [3.8, 4) is 11.5 Å². The summed E-state index contributed by atoms with van der Waals surface area (Å²) in [6.45, 7) is 9.36. The molecule has 0 aliphatic rings. The number of unbranched alkanes of at least 4 members (excludes halogenated alkanes) is 3. The maximum absolute atomic E-state index is 6.09. The maximum atomic E-state index is 6.09. The van der Waals surface area contributed by atoms with Gasteiger partial charge in [-0.25, -0.2) is 0 Å². The molecule has 1 N–H and O–H groups in total. The van der Waals surface area contributed by atoms with Crippen LogP contribution in [-0.4, -0.2) is 13.2 Å². The number of halogens is 1. The second-order valence-corrected chi connectivity index (χ2v) is 7.63. The van der Waals surface area contributed by atoms with E-state index in [0.29, 0.717) is 13.2 Å². The van der Waals surface area contributed by atoms with Crippen LogP contribution in [0.15, 0.2) is 40.9 Å². The Morgan fingerprint density at radius 3 is 2.44 bits per heavy atom. The summed E-state index contributed by atoms with van der Waals surface area (Å²) >= 11 is 3.69. The number of nitrogens with one attached hydrogen (secondary N) is 1. The molecule has 2 aromatic carbocycles. The lowest BCUT2D eigenvalue weighted by Crippen LogP contribution is -2.15. The van der Waals surface area contributed by atoms with Crippen LogP contribution in [-0.2, 0) is 13.2 Å². The van der Waals surface area contributed by atoms with Crippen molar-refractivity contribution < 1.29 is 9.47 Å². The average molecular weight is 434 g/mol. The number of rotatable bonds is 12. The first-order valence-corrected chi connectivity index (χ1v) is 10.8. The minimum Gasteiger partial charge on any atom is -0.490 e. The minimum absolute atomic E-state index is 0.536. The first kappa shape index (κ1) is 21.8.